The van der Waals surface area contributed by atoms with Crippen LogP contribution in [-0.2, 0) is 7.05 Å². The molecule has 3 rings (SSSR count). The molecule has 0 bridgehead atoms. The van der Waals surface area contributed by atoms with Crippen LogP contribution in [0.25, 0.3) is 22.3 Å². The second kappa shape index (κ2) is 4.53. The molecule has 0 aliphatic heterocycles. The van der Waals surface area contributed by atoms with Crippen LogP contribution in [0.2, 0.25) is 0 Å². The van der Waals surface area contributed by atoms with E-state index in [0.29, 0.717) is 0 Å². The average molecular weight is 233 g/mol. The smallest absolute Gasteiger partial charge is 0.0110 e. The van der Waals surface area contributed by atoms with Gasteiger partial charge >= 0.3 is 0 Å². The minimum absolute atomic E-state index is 1.26. The predicted molar refractivity (Wildman–Crippen MR) is 76.3 cm³/mol. The Morgan fingerprint density at radius 2 is 1.17 bits per heavy atom. The van der Waals surface area contributed by atoms with Crippen molar-refractivity contribution in [2.75, 3.05) is 0 Å². The second-order valence-electron chi connectivity index (χ2n) is 4.51. The zero-order chi connectivity index (χ0) is 12.4. The lowest BCUT2D eigenvalue weighted by Crippen LogP contribution is -1.80. The van der Waals surface area contributed by atoms with Crippen molar-refractivity contribution in [2.24, 2.45) is 7.05 Å². The maximum Gasteiger partial charge on any atom is 0.0110 e. The Bertz CT molecular complexity index is 633. The molecule has 0 saturated carbocycles. The van der Waals surface area contributed by atoms with E-state index >= 15 is 0 Å². The van der Waals surface area contributed by atoms with Gasteiger partial charge in [0.15, 0.2) is 0 Å². The van der Waals surface area contributed by atoms with Crippen molar-refractivity contribution in [3.8, 4) is 22.3 Å². The summed E-state index contributed by atoms with van der Waals surface area (Å²) in [6, 6.07) is 21.3. The summed E-state index contributed by atoms with van der Waals surface area (Å²) in [5, 5.41) is 0. The zero-order valence-electron chi connectivity index (χ0n) is 10.4. The first-order valence-electron chi connectivity index (χ1n) is 6.11. The van der Waals surface area contributed by atoms with Crippen molar-refractivity contribution in [3.63, 3.8) is 0 Å². The molecule has 0 spiro atoms. The van der Waals surface area contributed by atoms with Crippen LogP contribution in [0.5, 0.6) is 0 Å². The molecule has 0 radical (unpaired) electrons. The summed E-state index contributed by atoms with van der Waals surface area (Å²) in [6.45, 7) is 0. The number of rotatable bonds is 2. The van der Waals surface area contributed by atoms with Crippen molar-refractivity contribution in [1.82, 2.24) is 4.57 Å². The van der Waals surface area contributed by atoms with Gasteiger partial charge in [0.2, 0.25) is 0 Å². The van der Waals surface area contributed by atoms with Crippen LogP contribution in [0.4, 0.5) is 0 Å². The predicted octanol–water partition coefficient (Wildman–Crippen LogP) is 4.36. The van der Waals surface area contributed by atoms with Crippen molar-refractivity contribution < 1.29 is 0 Å². The molecule has 1 heterocycles. The lowest BCUT2D eigenvalue weighted by atomic mass is 10.0. The van der Waals surface area contributed by atoms with Crippen LogP contribution in [-0.4, -0.2) is 4.57 Å². The fraction of sp³-hybridized carbons (Fsp3) is 0.0588. The number of benzene rings is 2. The Morgan fingerprint density at radius 3 is 1.72 bits per heavy atom. The minimum atomic E-state index is 1.26. The van der Waals surface area contributed by atoms with E-state index in [4.69, 9.17) is 0 Å². The Morgan fingerprint density at radius 1 is 0.611 bits per heavy atom. The third-order valence-electron chi connectivity index (χ3n) is 3.16. The molecule has 0 aliphatic carbocycles. The highest BCUT2D eigenvalue weighted by molar-refractivity contribution is 5.70. The third-order valence-corrected chi connectivity index (χ3v) is 3.16. The van der Waals surface area contributed by atoms with Crippen LogP contribution < -0.4 is 0 Å². The van der Waals surface area contributed by atoms with Gasteiger partial charge in [-0.15, -0.1) is 0 Å². The molecule has 2 aromatic carbocycles. The van der Waals surface area contributed by atoms with Crippen LogP contribution in [0.3, 0.4) is 0 Å². The molecule has 18 heavy (non-hydrogen) atoms. The fourth-order valence-corrected chi connectivity index (χ4v) is 2.16. The van der Waals surface area contributed by atoms with E-state index in [1.165, 1.54) is 22.3 Å². The summed E-state index contributed by atoms with van der Waals surface area (Å²) >= 11 is 0. The van der Waals surface area contributed by atoms with E-state index in [9.17, 15) is 0 Å². The topological polar surface area (TPSA) is 4.93 Å². The van der Waals surface area contributed by atoms with Crippen molar-refractivity contribution in [1.29, 1.82) is 0 Å². The van der Waals surface area contributed by atoms with Gasteiger partial charge in [0, 0.05) is 19.4 Å². The minimum Gasteiger partial charge on any atom is -0.357 e. The summed E-state index contributed by atoms with van der Waals surface area (Å²) in [5.41, 5.74) is 5.04. The molecule has 1 aromatic heterocycles. The first-order chi connectivity index (χ1) is 8.83. The van der Waals surface area contributed by atoms with Gasteiger partial charge in [0.05, 0.1) is 0 Å². The fourth-order valence-electron chi connectivity index (χ4n) is 2.16. The van der Waals surface area contributed by atoms with Gasteiger partial charge in [-0.1, -0.05) is 54.6 Å². The monoisotopic (exact) mass is 233 g/mol. The third kappa shape index (κ3) is 2.07. The molecule has 0 N–H and O–H groups in total. The summed E-state index contributed by atoms with van der Waals surface area (Å²) in [4.78, 5) is 0. The molecule has 0 saturated heterocycles. The normalized spacial score (nSPS) is 10.5. The van der Waals surface area contributed by atoms with E-state index in [1.54, 1.807) is 0 Å². The van der Waals surface area contributed by atoms with Gasteiger partial charge in [-0.25, -0.2) is 0 Å². The standard InChI is InChI=1S/C17H15N/c1-18-12-11-17(13-18)16-9-7-15(8-10-16)14-5-3-2-4-6-14/h2-13H,1H3. The molecule has 0 fully saturated rings. The largest absolute Gasteiger partial charge is 0.357 e. The number of hydrogen-bond donors (Lipinski definition) is 0. The van der Waals surface area contributed by atoms with E-state index < -0.39 is 0 Å². The van der Waals surface area contributed by atoms with Gasteiger partial charge < -0.3 is 4.57 Å². The molecular formula is C17H15N. The number of hydrogen-bond acceptors (Lipinski definition) is 0. The Balaban J connectivity index is 1.94. The van der Waals surface area contributed by atoms with Crippen LogP contribution in [0.15, 0.2) is 73.1 Å². The number of nitrogens with zero attached hydrogens (tertiary/aromatic N) is 1. The Kier molecular flexibility index (Phi) is 2.73. The van der Waals surface area contributed by atoms with Crippen molar-refractivity contribution in [3.05, 3.63) is 73.1 Å². The summed E-state index contributed by atoms with van der Waals surface area (Å²) in [6.07, 6.45) is 4.21. The van der Waals surface area contributed by atoms with Gasteiger partial charge in [-0.2, -0.15) is 0 Å². The number of aromatic nitrogens is 1. The molecule has 1 heteroatoms. The van der Waals surface area contributed by atoms with Crippen LogP contribution in [0, 0.1) is 0 Å². The maximum absolute atomic E-state index is 2.18. The number of aryl methyl sites for hydroxylation is 1. The summed E-state index contributed by atoms with van der Waals surface area (Å²) in [5.74, 6) is 0. The lowest BCUT2D eigenvalue weighted by Gasteiger charge is -2.03. The van der Waals surface area contributed by atoms with Crippen molar-refractivity contribution >= 4 is 0 Å². The highest BCUT2D eigenvalue weighted by atomic mass is 14.9. The van der Waals surface area contributed by atoms with Gasteiger partial charge in [-0.3, -0.25) is 0 Å². The lowest BCUT2D eigenvalue weighted by molar-refractivity contribution is 0.928. The van der Waals surface area contributed by atoms with Gasteiger partial charge in [-0.05, 0) is 28.3 Å². The first kappa shape index (κ1) is 10.8. The first-order valence-corrected chi connectivity index (χ1v) is 6.11. The molecule has 3 aromatic rings. The molecular weight excluding hydrogens is 218 g/mol. The van der Waals surface area contributed by atoms with E-state index in [0.717, 1.165) is 0 Å². The Hall–Kier alpha value is -2.28. The average Bonchev–Trinajstić information content (AvgIpc) is 2.87. The molecule has 1 nitrogen and oxygen atoms in total. The molecule has 0 unspecified atom stereocenters. The van der Waals surface area contributed by atoms with Gasteiger partial charge in [0.1, 0.15) is 0 Å². The zero-order valence-corrected chi connectivity index (χ0v) is 10.4. The Labute approximate surface area is 107 Å². The van der Waals surface area contributed by atoms with E-state index in [-0.39, 0.29) is 0 Å². The SMILES string of the molecule is Cn1ccc(-c2ccc(-c3ccccc3)cc2)c1. The molecule has 0 atom stereocenters. The second-order valence-corrected chi connectivity index (χ2v) is 4.51. The highest BCUT2D eigenvalue weighted by Gasteiger charge is 2.00. The highest BCUT2D eigenvalue weighted by Crippen LogP contribution is 2.24. The van der Waals surface area contributed by atoms with Crippen LogP contribution >= 0.6 is 0 Å². The molecule has 0 amide bonds. The maximum atomic E-state index is 2.18. The van der Waals surface area contributed by atoms with Crippen LogP contribution in [0.1, 0.15) is 0 Å². The molecule has 88 valence electrons. The van der Waals surface area contributed by atoms with Gasteiger partial charge in [0.25, 0.3) is 0 Å². The summed E-state index contributed by atoms with van der Waals surface area (Å²) in [7, 11) is 2.04. The van der Waals surface area contributed by atoms with E-state index in [2.05, 4.69) is 71.6 Å². The van der Waals surface area contributed by atoms with Crippen molar-refractivity contribution in [2.45, 2.75) is 0 Å². The molecule has 0 aliphatic rings. The summed E-state index contributed by atoms with van der Waals surface area (Å²) < 4.78 is 2.07. The van der Waals surface area contributed by atoms with E-state index in [1.807, 2.05) is 13.1 Å². The quantitative estimate of drug-likeness (QED) is 0.619.